The molecule has 0 spiro atoms. The smallest absolute Gasteiger partial charge is 0.318 e. The molecule has 158 valence electrons. The van der Waals surface area contributed by atoms with Crippen molar-refractivity contribution in [1.82, 2.24) is 9.47 Å². The van der Waals surface area contributed by atoms with Crippen molar-refractivity contribution >= 4 is 5.78 Å². The van der Waals surface area contributed by atoms with Crippen LogP contribution in [0.2, 0.25) is 0 Å². The van der Waals surface area contributed by atoms with E-state index in [1.54, 1.807) is 24.5 Å². The lowest BCUT2D eigenvalue weighted by Crippen LogP contribution is -2.34. The van der Waals surface area contributed by atoms with Gasteiger partial charge in [0.2, 0.25) is 0 Å². The Labute approximate surface area is 166 Å². The minimum absolute atomic E-state index is 0.0218. The summed E-state index contributed by atoms with van der Waals surface area (Å²) in [5, 5.41) is 0. The molecule has 0 aliphatic carbocycles. The number of nitrogens with zero attached hydrogens (tertiary/aromatic N) is 2. The highest BCUT2D eigenvalue weighted by atomic mass is 19.4. The van der Waals surface area contributed by atoms with Crippen LogP contribution in [-0.2, 0) is 5.92 Å². The first-order chi connectivity index (χ1) is 13.5. The van der Waals surface area contributed by atoms with E-state index in [-0.39, 0.29) is 5.78 Å². The van der Waals surface area contributed by atoms with E-state index in [9.17, 15) is 26.7 Å². The van der Waals surface area contributed by atoms with E-state index in [0.29, 0.717) is 29.2 Å². The summed E-state index contributed by atoms with van der Waals surface area (Å²) in [5.74, 6) is -4.94. The number of aryl methyl sites for hydroxylation is 1. The Morgan fingerprint density at radius 3 is 2.10 bits per heavy atom. The highest BCUT2D eigenvalue weighted by molar-refractivity contribution is 5.99. The summed E-state index contributed by atoms with van der Waals surface area (Å²) in [5.41, 5.74) is 1.20. The highest BCUT2D eigenvalue weighted by Crippen LogP contribution is 2.43. The molecule has 29 heavy (non-hydrogen) atoms. The van der Waals surface area contributed by atoms with Gasteiger partial charge in [-0.15, -0.1) is 0 Å². The third-order valence-corrected chi connectivity index (χ3v) is 5.39. The summed E-state index contributed by atoms with van der Waals surface area (Å²) in [6.07, 6.45) is -2.34. The zero-order chi connectivity index (χ0) is 21.4. The molecule has 2 aromatic rings. The van der Waals surface area contributed by atoms with Gasteiger partial charge in [0.1, 0.15) is 0 Å². The number of alkyl halides is 5. The summed E-state index contributed by atoms with van der Waals surface area (Å²) in [6, 6.07) is 5.72. The lowest BCUT2D eigenvalue weighted by atomic mass is 10.1. The Morgan fingerprint density at radius 1 is 0.966 bits per heavy atom. The van der Waals surface area contributed by atoms with Crippen LogP contribution in [0.3, 0.4) is 0 Å². The average Bonchev–Trinajstić information content (AvgIpc) is 2.96. The second kappa shape index (κ2) is 7.89. The number of benzene rings is 1. The zero-order valence-corrected chi connectivity index (χ0v) is 16.3. The minimum Gasteiger partial charge on any atom is -0.318 e. The topological polar surface area (TPSA) is 25.2 Å². The maximum absolute atomic E-state index is 13.5. The molecular formula is C21H23F5N2O. The van der Waals surface area contributed by atoms with Gasteiger partial charge in [-0.1, -0.05) is 18.6 Å². The van der Waals surface area contributed by atoms with E-state index < -0.39 is 17.7 Å². The van der Waals surface area contributed by atoms with Crippen molar-refractivity contribution in [3.05, 3.63) is 52.8 Å². The molecule has 1 aliphatic heterocycles. The van der Waals surface area contributed by atoms with Crippen molar-refractivity contribution in [3.63, 3.8) is 0 Å². The normalized spacial score (nSPS) is 16.2. The first-order valence-electron chi connectivity index (χ1n) is 9.52. The summed E-state index contributed by atoms with van der Waals surface area (Å²) in [7, 11) is 0. The largest absolute Gasteiger partial charge is 0.458 e. The molecule has 0 bridgehead atoms. The maximum atomic E-state index is 13.5. The number of likely N-dealkylation sites (tertiary alicyclic amines) is 1. The van der Waals surface area contributed by atoms with E-state index in [4.69, 9.17) is 0 Å². The molecule has 1 saturated heterocycles. The van der Waals surface area contributed by atoms with Crippen molar-refractivity contribution in [2.75, 3.05) is 19.6 Å². The van der Waals surface area contributed by atoms with Gasteiger partial charge in [0.25, 0.3) is 0 Å². The van der Waals surface area contributed by atoms with Gasteiger partial charge in [0, 0.05) is 28.2 Å². The first kappa shape index (κ1) is 21.5. The Bertz CT molecular complexity index is 878. The predicted molar refractivity (Wildman–Crippen MR) is 99.8 cm³/mol. The van der Waals surface area contributed by atoms with E-state index in [1.165, 1.54) is 18.6 Å². The number of rotatable bonds is 5. The van der Waals surface area contributed by atoms with Crippen molar-refractivity contribution < 1.29 is 26.7 Å². The molecule has 1 aromatic heterocycles. The monoisotopic (exact) mass is 414 g/mol. The average molecular weight is 414 g/mol. The summed E-state index contributed by atoms with van der Waals surface area (Å²) < 4.78 is 66.4. The molecule has 0 unspecified atom stereocenters. The lowest BCUT2D eigenvalue weighted by molar-refractivity contribution is -0.289. The Morgan fingerprint density at radius 2 is 1.55 bits per heavy atom. The third-order valence-electron chi connectivity index (χ3n) is 5.39. The summed E-state index contributed by atoms with van der Waals surface area (Å²) in [4.78, 5) is 14.9. The zero-order valence-electron chi connectivity index (χ0n) is 16.3. The number of ketones is 1. The van der Waals surface area contributed by atoms with E-state index >= 15 is 0 Å². The SMILES string of the molecule is Cc1cc(C(=O)CN2CCCCC2)c(C)n1-c1ccc(C(F)(F)C(F)(F)F)cc1. The number of piperidine rings is 1. The second-order valence-electron chi connectivity index (χ2n) is 7.50. The molecule has 0 amide bonds. The van der Waals surface area contributed by atoms with Gasteiger partial charge in [-0.3, -0.25) is 9.69 Å². The molecule has 1 fully saturated rings. The number of Topliss-reactive ketones (excluding diaryl/α,β-unsaturated/α-hetero) is 1. The van der Waals surface area contributed by atoms with Crippen LogP contribution in [0.15, 0.2) is 30.3 Å². The maximum Gasteiger partial charge on any atom is 0.458 e. The van der Waals surface area contributed by atoms with Crippen molar-refractivity contribution in [1.29, 1.82) is 0 Å². The quantitative estimate of drug-likeness (QED) is 0.482. The van der Waals surface area contributed by atoms with Gasteiger partial charge in [0.05, 0.1) is 6.54 Å². The van der Waals surface area contributed by atoms with Crippen LogP contribution in [0.5, 0.6) is 0 Å². The number of carbonyl (C=O) groups excluding carboxylic acids is 1. The van der Waals surface area contributed by atoms with Crippen LogP contribution < -0.4 is 0 Å². The highest BCUT2D eigenvalue weighted by Gasteiger charge is 2.58. The number of halogens is 5. The molecular weight excluding hydrogens is 391 g/mol. The van der Waals surface area contributed by atoms with E-state index in [0.717, 1.165) is 38.1 Å². The fraction of sp³-hybridized carbons (Fsp3) is 0.476. The first-order valence-corrected chi connectivity index (χ1v) is 9.52. The van der Waals surface area contributed by atoms with Crippen LogP contribution in [0.4, 0.5) is 22.0 Å². The molecule has 0 N–H and O–H groups in total. The van der Waals surface area contributed by atoms with Gasteiger partial charge >= 0.3 is 12.1 Å². The van der Waals surface area contributed by atoms with Gasteiger partial charge in [0.15, 0.2) is 5.78 Å². The molecule has 0 saturated carbocycles. The minimum atomic E-state index is -5.65. The number of hydrogen-bond acceptors (Lipinski definition) is 2. The Balaban J connectivity index is 1.85. The standard InChI is InChI=1S/C21H23F5N2O/c1-14-12-18(19(29)13-27-10-4-3-5-11-27)15(2)28(14)17-8-6-16(7-9-17)20(22,23)21(24,25)26/h6-9,12H,3-5,10-11,13H2,1-2H3. The van der Waals surface area contributed by atoms with Gasteiger partial charge < -0.3 is 4.57 Å². The van der Waals surface area contributed by atoms with Crippen LogP contribution in [-0.4, -0.2) is 41.1 Å². The summed E-state index contributed by atoms with van der Waals surface area (Å²) >= 11 is 0. The van der Waals surface area contributed by atoms with E-state index in [1.807, 2.05) is 0 Å². The molecule has 3 nitrogen and oxygen atoms in total. The molecule has 8 heteroatoms. The molecule has 0 atom stereocenters. The fourth-order valence-corrected chi connectivity index (χ4v) is 3.83. The third kappa shape index (κ3) is 4.22. The molecule has 1 aromatic carbocycles. The van der Waals surface area contributed by atoms with E-state index in [2.05, 4.69) is 4.90 Å². The van der Waals surface area contributed by atoms with Crippen LogP contribution in [0, 0.1) is 13.8 Å². The van der Waals surface area contributed by atoms with Crippen molar-refractivity contribution in [2.45, 2.75) is 45.2 Å². The lowest BCUT2D eigenvalue weighted by Gasteiger charge is -2.25. The van der Waals surface area contributed by atoms with Crippen molar-refractivity contribution in [2.24, 2.45) is 0 Å². The molecule has 0 radical (unpaired) electrons. The van der Waals surface area contributed by atoms with Crippen LogP contribution in [0.25, 0.3) is 5.69 Å². The van der Waals surface area contributed by atoms with Crippen LogP contribution >= 0.6 is 0 Å². The van der Waals surface area contributed by atoms with Gasteiger partial charge in [-0.05, 0) is 58.0 Å². The molecule has 3 rings (SSSR count). The van der Waals surface area contributed by atoms with Gasteiger partial charge in [-0.2, -0.15) is 22.0 Å². The van der Waals surface area contributed by atoms with Crippen molar-refractivity contribution in [3.8, 4) is 5.69 Å². The second-order valence-corrected chi connectivity index (χ2v) is 7.50. The Hall–Kier alpha value is -2.22. The summed E-state index contributed by atoms with van der Waals surface area (Å²) in [6.45, 7) is 5.61. The number of carbonyl (C=O) groups is 1. The van der Waals surface area contributed by atoms with Crippen LogP contribution in [0.1, 0.15) is 46.6 Å². The predicted octanol–water partition coefficient (Wildman–Crippen LogP) is 5.42. The molecule has 2 heterocycles. The molecule has 1 aliphatic rings. The van der Waals surface area contributed by atoms with Gasteiger partial charge in [-0.25, -0.2) is 0 Å². The number of aromatic nitrogens is 1. The number of hydrogen-bond donors (Lipinski definition) is 0. The Kier molecular flexibility index (Phi) is 5.85. The fourth-order valence-electron chi connectivity index (χ4n) is 3.83.